The summed E-state index contributed by atoms with van der Waals surface area (Å²) in [6.45, 7) is 5.12. The monoisotopic (exact) mass is 392 g/mol. The molecule has 1 saturated heterocycles. The summed E-state index contributed by atoms with van der Waals surface area (Å²) in [6.07, 6.45) is 3.15. The van der Waals surface area contributed by atoms with Crippen molar-refractivity contribution in [2.75, 3.05) is 36.9 Å². The number of piperidine rings is 1. The summed E-state index contributed by atoms with van der Waals surface area (Å²) in [5, 5.41) is 10.7. The van der Waals surface area contributed by atoms with Gasteiger partial charge in [-0.25, -0.2) is 4.68 Å². The van der Waals surface area contributed by atoms with Gasteiger partial charge in [-0.3, -0.25) is 10.1 Å². The molecule has 3 rings (SSSR count). The summed E-state index contributed by atoms with van der Waals surface area (Å²) >= 11 is 0. The van der Waals surface area contributed by atoms with E-state index in [1.165, 1.54) is 0 Å². The summed E-state index contributed by atoms with van der Waals surface area (Å²) in [6, 6.07) is 7.64. The Hall–Kier alpha value is -2.12. The van der Waals surface area contributed by atoms with Gasteiger partial charge in [0.05, 0.1) is 0 Å². The third-order valence-corrected chi connectivity index (χ3v) is 4.84. The SMILES string of the molecule is CCCN(C)c1ccc(C(=O)Nc2nc(C3CCNCC3)nn2C)cc1.Cl. The molecule has 8 heteroatoms. The Labute approximate surface area is 166 Å². The summed E-state index contributed by atoms with van der Waals surface area (Å²) in [5.41, 5.74) is 1.72. The van der Waals surface area contributed by atoms with Crippen molar-refractivity contribution in [3.8, 4) is 0 Å². The molecule has 148 valence electrons. The van der Waals surface area contributed by atoms with Gasteiger partial charge < -0.3 is 10.2 Å². The maximum atomic E-state index is 12.5. The first kappa shape index (κ1) is 21.2. The highest BCUT2D eigenvalue weighted by Gasteiger charge is 2.21. The largest absolute Gasteiger partial charge is 0.375 e. The lowest BCUT2D eigenvalue weighted by molar-refractivity contribution is 0.102. The number of aryl methyl sites for hydroxylation is 1. The first-order chi connectivity index (χ1) is 12.6. The average molecular weight is 393 g/mol. The Balaban J connectivity index is 0.00000261. The molecule has 0 saturated carbocycles. The van der Waals surface area contributed by atoms with Gasteiger partial charge in [0.15, 0.2) is 5.82 Å². The van der Waals surface area contributed by atoms with E-state index in [0.29, 0.717) is 17.4 Å². The second-order valence-electron chi connectivity index (χ2n) is 6.86. The Morgan fingerprint density at radius 1 is 1.30 bits per heavy atom. The number of nitrogens with zero attached hydrogens (tertiary/aromatic N) is 4. The van der Waals surface area contributed by atoms with Gasteiger partial charge in [-0.05, 0) is 56.6 Å². The van der Waals surface area contributed by atoms with Crippen molar-refractivity contribution in [2.24, 2.45) is 7.05 Å². The van der Waals surface area contributed by atoms with Crippen LogP contribution >= 0.6 is 12.4 Å². The summed E-state index contributed by atoms with van der Waals surface area (Å²) in [4.78, 5) is 19.3. The van der Waals surface area contributed by atoms with Crippen LogP contribution in [0.25, 0.3) is 0 Å². The van der Waals surface area contributed by atoms with Gasteiger partial charge in [0.25, 0.3) is 5.91 Å². The third kappa shape index (κ3) is 5.20. The van der Waals surface area contributed by atoms with Crippen LogP contribution in [-0.4, -0.2) is 47.4 Å². The first-order valence-corrected chi connectivity index (χ1v) is 9.32. The molecule has 0 aliphatic carbocycles. The van der Waals surface area contributed by atoms with Crippen LogP contribution < -0.4 is 15.5 Å². The molecule has 0 atom stereocenters. The maximum Gasteiger partial charge on any atom is 0.258 e. The zero-order valence-electron chi connectivity index (χ0n) is 16.2. The average Bonchev–Trinajstić information content (AvgIpc) is 3.03. The van der Waals surface area contributed by atoms with Crippen molar-refractivity contribution in [2.45, 2.75) is 32.1 Å². The van der Waals surface area contributed by atoms with E-state index < -0.39 is 0 Å². The molecule has 0 radical (unpaired) electrons. The number of carbonyl (C=O) groups is 1. The molecule has 27 heavy (non-hydrogen) atoms. The maximum absolute atomic E-state index is 12.5. The molecule has 7 nitrogen and oxygen atoms in total. The summed E-state index contributed by atoms with van der Waals surface area (Å²) in [5.74, 6) is 1.51. The minimum absolute atomic E-state index is 0. The van der Waals surface area contributed by atoms with E-state index in [9.17, 15) is 4.79 Å². The van der Waals surface area contributed by atoms with Crippen molar-refractivity contribution in [3.05, 3.63) is 35.7 Å². The van der Waals surface area contributed by atoms with Crippen LogP contribution in [0.15, 0.2) is 24.3 Å². The Morgan fingerprint density at radius 3 is 2.59 bits per heavy atom. The Kier molecular flexibility index (Phi) is 7.62. The topological polar surface area (TPSA) is 75.1 Å². The fraction of sp³-hybridized carbons (Fsp3) is 0.526. The number of amides is 1. The second kappa shape index (κ2) is 9.71. The quantitative estimate of drug-likeness (QED) is 0.790. The number of carbonyl (C=O) groups excluding carboxylic acids is 1. The van der Waals surface area contributed by atoms with Crippen LogP contribution in [0, 0.1) is 0 Å². The molecular formula is C19H29ClN6O. The lowest BCUT2D eigenvalue weighted by atomic mass is 9.98. The lowest BCUT2D eigenvalue weighted by Crippen LogP contribution is -2.27. The Morgan fingerprint density at radius 2 is 1.96 bits per heavy atom. The Bertz CT molecular complexity index is 739. The number of benzene rings is 1. The molecule has 1 amide bonds. The van der Waals surface area contributed by atoms with Crippen molar-refractivity contribution in [1.29, 1.82) is 0 Å². The van der Waals surface area contributed by atoms with Gasteiger partial charge in [-0.1, -0.05) is 6.92 Å². The molecule has 1 aliphatic heterocycles. The highest BCUT2D eigenvalue weighted by atomic mass is 35.5. The van der Waals surface area contributed by atoms with Gasteiger partial charge in [-0.2, -0.15) is 10.1 Å². The van der Waals surface area contributed by atoms with Crippen molar-refractivity contribution in [3.63, 3.8) is 0 Å². The number of nitrogens with one attached hydrogen (secondary N) is 2. The van der Waals surface area contributed by atoms with Crippen molar-refractivity contribution >= 4 is 29.9 Å². The summed E-state index contributed by atoms with van der Waals surface area (Å²) < 4.78 is 1.65. The van der Waals surface area contributed by atoms with Crippen LogP contribution in [0.4, 0.5) is 11.6 Å². The highest BCUT2D eigenvalue weighted by molar-refractivity contribution is 6.03. The molecule has 1 fully saturated rings. The minimum Gasteiger partial charge on any atom is -0.375 e. The van der Waals surface area contributed by atoms with Gasteiger partial charge in [0.2, 0.25) is 5.95 Å². The number of anilines is 2. The zero-order valence-corrected chi connectivity index (χ0v) is 17.1. The molecule has 0 unspecified atom stereocenters. The number of hydrogen-bond acceptors (Lipinski definition) is 5. The standard InChI is InChI=1S/C19H28N6O.ClH/c1-4-13-24(2)16-7-5-15(6-8-16)18(26)22-19-21-17(23-25(19)3)14-9-11-20-12-10-14;/h5-8,14,20H,4,9-13H2,1-3H3,(H,21,22,23,26);1H. The highest BCUT2D eigenvalue weighted by Crippen LogP contribution is 2.23. The van der Waals surface area contributed by atoms with E-state index in [1.807, 2.05) is 31.3 Å². The van der Waals surface area contributed by atoms with E-state index in [-0.39, 0.29) is 18.3 Å². The molecule has 1 aromatic heterocycles. The molecule has 2 N–H and O–H groups in total. The lowest BCUT2D eigenvalue weighted by Gasteiger charge is -2.19. The number of rotatable bonds is 6. The first-order valence-electron chi connectivity index (χ1n) is 9.32. The van der Waals surface area contributed by atoms with Crippen LogP contribution in [0.1, 0.15) is 48.3 Å². The van der Waals surface area contributed by atoms with Crippen LogP contribution in [0.2, 0.25) is 0 Å². The number of halogens is 1. The van der Waals surface area contributed by atoms with Gasteiger partial charge >= 0.3 is 0 Å². The van der Waals surface area contributed by atoms with Crippen molar-refractivity contribution in [1.82, 2.24) is 20.1 Å². The van der Waals surface area contributed by atoms with Crippen LogP contribution in [-0.2, 0) is 7.05 Å². The number of hydrogen-bond donors (Lipinski definition) is 2. The van der Waals surface area contributed by atoms with Crippen molar-refractivity contribution < 1.29 is 4.79 Å². The minimum atomic E-state index is -0.165. The molecule has 2 heterocycles. The van der Waals surface area contributed by atoms with Gasteiger partial charge in [0.1, 0.15) is 0 Å². The van der Waals surface area contributed by atoms with E-state index in [4.69, 9.17) is 0 Å². The van der Waals surface area contributed by atoms with Crippen LogP contribution in [0.3, 0.4) is 0 Å². The molecule has 1 aromatic carbocycles. The third-order valence-electron chi connectivity index (χ3n) is 4.84. The van der Waals surface area contributed by atoms with E-state index in [2.05, 4.69) is 39.6 Å². The van der Waals surface area contributed by atoms with Gasteiger partial charge in [-0.15, -0.1) is 12.4 Å². The van der Waals surface area contributed by atoms with Gasteiger partial charge in [0, 0.05) is 37.8 Å². The van der Waals surface area contributed by atoms with E-state index >= 15 is 0 Å². The predicted octanol–water partition coefficient (Wildman–Crippen LogP) is 2.80. The molecule has 0 spiro atoms. The number of aromatic nitrogens is 3. The molecule has 2 aromatic rings. The predicted molar refractivity (Wildman–Crippen MR) is 111 cm³/mol. The molecule has 0 bridgehead atoms. The molecule has 1 aliphatic rings. The van der Waals surface area contributed by atoms with E-state index in [1.54, 1.807) is 4.68 Å². The smallest absolute Gasteiger partial charge is 0.258 e. The van der Waals surface area contributed by atoms with E-state index in [0.717, 1.165) is 50.4 Å². The van der Waals surface area contributed by atoms with Crippen LogP contribution in [0.5, 0.6) is 0 Å². The second-order valence-corrected chi connectivity index (χ2v) is 6.86. The fourth-order valence-corrected chi connectivity index (χ4v) is 3.27. The zero-order chi connectivity index (χ0) is 18.5. The summed E-state index contributed by atoms with van der Waals surface area (Å²) in [7, 11) is 3.87. The normalized spacial score (nSPS) is 14.5. The molecular weight excluding hydrogens is 364 g/mol. The fourth-order valence-electron chi connectivity index (χ4n) is 3.27.